The summed E-state index contributed by atoms with van der Waals surface area (Å²) in [7, 11) is -4.14. The van der Waals surface area contributed by atoms with Crippen LogP contribution in [0.2, 0.25) is 0 Å². The highest BCUT2D eigenvalue weighted by Gasteiger charge is 2.38. The minimum absolute atomic E-state index is 0.111. The molecule has 0 bridgehead atoms. The van der Waals surface area contributed by atoms with Crippen molar-refractivity contribution in [1.29, 1.82) is 0 Å². The van der Waals surface area contributed by atoms with Crippen molar-refractivity contribution in [2.45, 2.75) is 18.0 Å². The summed E-state index contributed by atoms with van der Waals surface area (Å²) >= 11 is 3.09. The van der Waals surface area contributed by atoms with E-state index < -0.39 is 26.7 Å². The van der Waals surface area contributed by atoms with Gasteiger partial charge in [0.05, 0.1) is 10.5 Å². The minimum atomic E-state index is -4.70. The number of sulfonamides is 1. The summed E-state index contributed by atoms with van der Waals surface area (Å²) in [5.74, 6) is 0. The highest BCUT2D eigenvalue weighted by molar-refractivity contribution is 9.09. The first kappa shape index (κ1) is 16.5. The summed E-state index contributed by atoms with van der Waals surface area (Å²) in [5.41, 5.74) is -1.14. The fourth-order valence-electron chi connectivity index (χ4n) is 1.61. The molecule has 0 atom stereocenters. The number of hydrogen-bond acceptors (Lipinski definition) is 2. The third-order valence-corrected chi connectivity index (χ3v) is 4.88. The Morgan fingerprint density at radius 3 is 2.32 bits per heavy atom. The lowest BCUT2D eigenvalue weighted by Crippen LogP contribution is -2.33. The molecular formula is C11H13BrF3NO2S. The van der Waals surface area contributed by atoms with E-state index >= 15 is 0 Å². The third-order valence-electron chi connectivity index (χ3n) is 2.50. The first-order chi connectivity index (χ1) is 8.75. The summed E-state index contributed by atoms with van der Waals surface area (Å²) in [6, 6.07) is 4.20. The molecule has 0 aliphatic rings. The van der Waals surface area contributed by atoms with Crippen LogP contribution in [0.4, 0.5) is 13.2 Å². The van der Waals surface area contributed by atoms with E-state index in [0.717, 1.165) is 16.4 Å². The Kier molecular flexibility index (Phi) is 5.40. The third kappa shape index (κ3) is 3.70. The SMILES string of the molecule is CCN(CCBr)S(=O)(=O)c1ccccc1C(F)(F)F. The molecule has 19 heavy (non-hydrogen) atoms. The standard InChI is InChI=1S/C11H13BrF3NO2S/c1-2-16(8-7-12)19(17,18)10-6-4-3-5-9(10)11(13,14)15/h3-6H,2,7-8H2,1H3. The van der Waals surface area contributed by atoms with E-state index in [4.69, 9.17) is 0 Å². The van der Waals surface area contributed by atoms with Gasteiger partial charge in [0.2, 0.25) is 10.0 Å². The fraction of sp³-hybridized carbons (Fsp3) is 0.455. The average Bonchev–Trinajstić information content (AvgIpc) is 2.34. The smallest absolute Gasteiger partial charge is 0.207 e. The predicted octanol–water partition coefficient (Wildman–Crippen LogP) is 3.11. The van der Waals surface area contributed by atoms with E-state index in [1.807, 2.05) is 0 Å². The number of nitrogens with zero attached hydrogens (tertiary/aromatic N) is 1. The van der Waals surface area contributed by atoms with Gasteiger partial charge in [0.15, 0.2) is 0 Å². The number of hydrogen-bond donors (Lipinski definition) is 0. The van der Waals surface area contributed by atoms with E-state index in [-0.39, 0.29) is 13.1 Å². The van der Waals surface area contributed by atoms with Crippen LogP contribution in [0.3, 0.4) is 0 Å². The zero-order valence-electron chi connectivity index (χ0n) is 10.1. The second kappa shape index (κ2) is 6.23. The lowest BCUT2D eigenvalue weighted by Gasteiger charge is -2.21. The van der Waals surface area contributed by atoms with Gasteiger partial charge in [-0.05, 0) is 12.1 Å². The molecule has 0 aliphatic heterocycles. The van der Waals surface area contributed by atoms with Crippen LogP contribution in [0.1, 0.15) is 12.5 Å². The molecule has 0 saturated heterocycles. The molecule has 0 aliphatic carbocycles. The second-order valence-electron chi connectivity index (χ2n) is 3.68. The molecule has 1 aromatic rings. The molecule has 0 N–H and O–H groups in total. The minimum Gasteiger partial charge on any atom is -0.207 e. The van der Waals surface area contributed by atoms with E-state index in [9.17, 15) is 21.6 Å². The van der Waals surface area contributed by atoms with Crippen LogP contribution in [0, 0.1) is 0 Å². The van der Waals surface area contributed by atoms with Crippen LogP contribution in [-0.4, -0.2) is 31.1 Å². The normalized spacial score (nSPS) is 12.9. The first-order valence-corrected chi connectivity index (χ1v) is 8.03. The van der Waals surface area contributed by atoms with Gasteiger partial charge in [0.1, 0.15) is 0 Å². The highest BCUT2D eigenvalue weighted by Crippen LogP contribution is 2.35. The Hall–Kier alpha value is -0.600. The Morgan fingerprint density at radius 2 is 1.84 bits per heavy atom. The highest BCUT2D eigenvalue weighted by atomic mass is 79.9. The van der Waals surface area contributed by atoms with Crippen molar-refractivity contribution in [2.75, 3.05) is 18.4 Å². The van der Waals surface area contributed by atoms with E-state index in [0.29, 0.717) is 5.33 Å². The largest absolute Gasteiger partial charge is 0.417 e. The molecule has 8 heteroatoms. The summed E-state index contributed by atoms with van der Waals surface area (Å²) in [5, 5.41) is 0.355. The second-order valence-corrected chi connectivity index (χ2v) is 6.38. The summed E-state index contributed by atoms with van der Waals surface area (Å²) in [4.78, 5) is -0.703. The molecule has 0 aromatic heterocycles. The maximum atomic E-state index is 12.8. The molecule has 0 fully saturated rings. The van der Waals surface area contributed by atoms with E-state index in [1.54, 1.807) is 6.92 Å². The van der Waals surface area contributed by atoms with Gasteiger partial charge in [0.25, 0.3) is 0 Å². The Balaban J connectivity index is 3.37. The van der Waals surface area contributed by atoms with Gasteiger partial charge < -0.3 is 0 Å². The van der Waals surface area contributed by atoms with E-state index in [2.05, 4.69) is 15.9 Å². The molecule has 0 spiro atoms. The van der Waals surface area contributed by atoms with Crippen molar-refractivity contribution in [3.05, 3.63) is 29.8 Å². The summed E-state index contributed by atoms with van der Waals surface area (Å²) < 4.78 is 64.0. The molecule has 108 valence electrons. The summed E-state index contributed by atoms with van der Waals surface area (Å²) in [6.45, 7) is 1.81. The molecule has 0 radical (unpaired) electrons. The molecule has 1 rings (SSSR count). The van der Waals surface area contributed by atoms with Crippen molar-refractivity contribution in [1.82, 2.24) is 4.31 Å². The number of alkyl halides is 4. The van der Waals surface area contributed by atoms with Gasteiger partial charge in [0, 0.05) is 18.4 Å². The van der Waals surface area contributed by atoms with Crippen molar-refractivity contribution >= 4 is 26.0 Å². The Labute approximate surface area is 118 Å². The van der Waals surface area contributed by atoms with Crippen molar-refractivity contribution < 1.29 is 21.6 Å². The van der Waals surface area contributed by atoms with Crippen LogP contribution in [0.5, 0.6) is 0 Å². The zero-order valence-corrected chi connectivity index (χ0v) is 12.5. The molecule has 0 amide bonds. The average molecular weight is 360 g/mol. The van der Waals surface area contributed by atoms with Crippen LogP contribution in [-0.2, 0) is 16.2 Å². The van der Waals surface area contributed by atoms with Crippen LogP contribution in [0.25, 0.3) is 0 Å². The van der Waals surface area contributed by atoms with Gasteiger partial charge in [-0.15, -0.1) is 0 Å². The maximum Gasteiger partial charge on any atom is 0.417 e. The predicted molar refractivity (Wildman–Crippen MR) is 69.7 cm³/mol. The quantitative estimate of drug-likeness (QED) is 0.757. The molecular weight excluding hydrogens is 347 g/mol. The monoisotopic (exact) mass is 359 g/mol. The van der Waals surface area contributed by atoms with Gasteiger partial charge in [-0.2, -0.15) is 17.5 Å². The number of rotatable bonds is 5. The zero-order chi connectivity index (χ0) is 14.7. The van der Waals surface area contributed by atoms with Gasteiger partial charge in [-0.3, -0.25) is 0 Å². The molecule has 3 nitrogen and oxygen atoms in total. The lowest BCUT2D eigenvalue weighted by atomic mass is 10.2. The van der Waals surface area contributed by atoms with Gasteiger partial charge in [-0.25, -0.2) is 8.42 Å². The topological polar surface area (TPSA) is 37.4 Å². The van der Waals surface area contributed by atoms with Crippen LogP contribution < -0.4 is 0 Å². The maximum absolute atomic E-state index is 12.8. The molecule has 1 aromatic carbocycles. The van der Waals surface area contributed by atoms with Gasteiger partial charge in [-0.1, -0.05) is 35.0 Å². The van der Waals surface area contributed by atoms with Gasteiger partial charge >= 0.3 is 6.18 Å². The Morgan fingerprint density at radius 1 is 1.26 bits per heavy atom. The van der Waals surface area contributed by atoms with E-state index in [1.165, 1.54) is 12.1 Å². The molecule has 0 unspecified atom stereocenters. The number of benzene rings is 1. The molecule has 0 heterocycles. The lowest BCUT2D eigenvalue weighted by molar-refractivity contribution is -0.139. The van der Waals surface area contributed by atoms with Crippen molar-refractivity contribution in [2.24, 2.45) is 0 Å². The first-order valence-electron chi connectivity index (χ1n) is 5.47. The number of halogens is 4. The summed E-state index contributed by atoms with van der Waals surface area (Å²) in [6.07, 6.45) is -4.70. The van der Waals surface area contributed by atoms with Crippen LogP contribution >= 0.6 is 15.9 Å². The molecule has 0 saturated carbocycles. The van der Waals surface area contributed by atoms with Crippen LogP contribution in [0.15, 0.2) is 29.2 Å². The Bertz CT molecular complexity index is 531. The fourth-order valence-corrected chi connectivity index (χ4v) is 3.93. The van der Waals surface area contributed by atoms with Crippen molar-refractivity contribution in [3.63, 3.8) is 0 Å². The van der Waals surface area contributed by atoms with Crippen molar-refractivity contribution in [3.8, 4) is 0 Å².